The summed E-state index contributed by atoms with van der Waals surface area (Å²) in [7, 11) is 0. The van der Waals surface area contributed by atoms with Gasteiger partial charge in [-0.3, -0.25) is 9.59 Å². The standard InChI is InChI=1S/C22H38O8/c23-20(24)12-13-21(25)26-16-10-11-19-17-27-29-22(30-28-18-19)14-8-6-4-2-1-3-5-7-9-15-22/h19H,1-18H2,(H,23,24). The van der Waals surface area contributed by atoms with Crippen LogP contribution in [0.2, 0.25) is 0 Å². The first-order valence-corrected chi connectivity index (χ1v) is 11.6. The summed E-state index contributed by atoms with van der Waals surface area (Å²) in [5.74, 6) is -2.23. The summed E-state index contributed by atoms with van der Waals surface area (Å²) in [4.78, 5) is 44.5. The SMILES string of the molecule is O=C(O)CCC(=O)OCCCC1COOC2(CCCCCCCCCCC2)OOC1. The van der Waals surface area contributed by atoms with Gasteiger partial charge in [-0.25, -0.2) is 9.78 Å². The van der Waals surface area contributed by atoms with Crippen LogP contribution in [0.1, 0.15) is 96.3 Å². The van der Waals surface area contributed by atoms with E-state index in [9.17, 15) is 9.59 Å². The monoisotopic (exact) mass is 430 g/mol. The van der Waals surface area contributed by atoms with Crippen LogP contribution >= 0.6 is 0 Å². The number of carboxylic acids is 1. The van der Waals surface area contributed by atoms with Crippen LogP contribution in [0.3, 0.4) is 0 Å². The number of esters is 1. The van der Waals surface area contributed by atoms with Crippen LogP contribution in [0.5, 0.6) is 0 Å². The molecule has 30 heavy (non-hydrogen) atoms. The average molecular weight is 431 g/mol. The van der Waals surface area contributed by atoms with Gasteiger partial charge < -0.3 is 9.84 Å². The maximum absolute atomic E-state index is 11.4. The predicted molar refractivity (Wildman–Crippen MR) is 108 cm³/mol. The average Bonchev–Trinajstić information content (AvgIpc) is 2.69. The van der Waals surface area contributed by atoms with Crippen molar-refractivity contribution in [2.24, 2.45) is 5.92 Å². The number of hydrogen-bond donors (Lipinski definition) is 1. The lowest BCUT2D eigenvalue weighted by molar-refractivity contribution is -0.531. The van der Waals surface area contributed by atoms with Crippen molar-refractivity contribution in [3.8, 4) is 0 Å². The number of carboxylic acid groups (broad SMARTS) is 1. The Balaban J connectivity index is 1.67. The maximum atomic E-state index is 11.4. The Morgan fingerprint density at radius 3 is 1.90 bits per heavy atom. The summed E-state index contributed by atoms with van der Waals surface area (Å²) in [5, 5.41) is 8.57. The smallest absolute Gasteiger partial charge is 0.306 e. The first-order chi connectivity index (χ1) is 14.6. The molecule has 0 bridgehead atoms. The molecular formula is C22H38O8. The Hall–Kier alpha value is -1.22. The van der Waals surface area contributed by atoms with Gasteiger partial charge in [-0.2, -0.15) is 9.78 Å². The molecule has 8 heteroatoms. The van der Waals surface area contributed by atoms with Crippen molar-refractivity contribution in [1.29, 1.82) is 0 Å². The fraction of sp³-hybridized carbons (Fsp3) is 0.909. The molecule has 0 atom stereocenters. The van der Waals surface area contributed by atoms with Crippen molar-refractivity contribution in [2.45, 2.75) is 102 Å². The van der Waals surface area contributed by atoms with Gasteiger partial charge in [0.2, 0.25) is 5.79 Å². The Labute approximate surface area is 179 Å². The van der Waals surface area contributed by atoms with E-state index in [2.05, 4.69) is 0 Å². The van der Waals surface area contributed by atoms with E-state index in [1.54, 1.807) is 0 Å². The van der Waals surface area contributed by atoms with Crippen molar-refractivity contribution in [3.63, 3.8) is 0 Å². The third kappa shape index (κ3) is 10.7. The minimum absolute atomic E-state index is 0.0753. The first-order valence-electron chi connectivity index (χ1n) is 11.6. The summed E-state index contributed by atoms with van der Waals surface area (Å²) in [6, 6.07) is 0. The molecule has 2 fully saturated rings. The van der Waals surface area contributed by atoms with E-state index in [1.165, 1.54) is 44.9 Å². The molecule has 1 aliphatic carbocycles. The summed E-state index contributed by atoms with van der Waals surface area (Å²) in [5.41, 5.74) is 0. The van der Waals surface area contributed by atoms with Crippen LogP contribution < -0.4 is 0 Å². The lowest BCUT2D eigenvalue weighted by Gasteiger charge is -2.34. The normalized spacial score (nSPS) is 22.3. The molecule has 1 spiro atoms. The third-order valence-corrected chi connectivity index (χ3v) is 5.71. The van der Waals surface area contributed by atoms with Crippen LogP contribution in [0, 0.1) is 5.92 Å². The Kier molecular flexibility index (Phi) is 12.3. The lowest BCUT2D eigenvalue weighted by atomic mass is 9.97. The highest BCUT2D eigenvalue weighted by atomic mass is 17.3. The molecule has 1 saturated heterocycles. The van der Waals surface area contributed by atoms with Gasteiger partial charge in [-0.1, -0.05) is 44.9 Å². The van der Waals surface area contributed by atoms with Crippen molar-refractivity contribution >= 4 is 11.9 Å². The zero-order chi connectivity index (χ0) is 21.5. The zero-order valence-electron chi connectivity index (χ0n) is 18.1. The van der Waals surface area contributed by atoms with Gasteiger partial charge in [0.1, 0.15) is 0 Å². The van der Waals surface area contributed by atoms with Gasteiger partial charge in [0.15, 0.2) is 0 Å². The summed E-state index contributed by atoms with van der Waals surface area (Å²) < 4.78 is 5.05. The van der Waals surface area contributed by atoms with Gasteiger partial charge >= 0.3 is 11.9 Å². The number of ether oxygens (including phenoxy) is 1. The fourth-order valence-electron chi connectivity index (χ4n) is 3.86. The Bertz CT molecular complexity index is 472. The lowest BCUT2D eigenvalue weighted by Crippen LogP contribution is -2.40. The first kappa shape index (κ1) is 25.0. The second-order valence-corrected chi connectivity index (χ2v) is 8.45. The van der Waals surface area contributed by atoms with Crippen molar-refractivity contribution in [1.82, 2.24) is 0 Å². The second-order valence-electron chi connectivity index (χ2n) is 8.45. The van der Waals surface area contributed by atoms with E-state index in [0.29, 0.717) is 19.6 Å². The van der Waals surface area contributed by atoms with Gasteiger partial charge in [-0.05, 0) is 25.7 Å². The highest BCUT2D eigenvalue weighted by molar-refractivity contribution is 5.76. The second kappa shape index (κ2) is 14.7. The van der Waals surface area contributed by atoms with E-state index < -0.39 is 17.7 Å². The predicted octanol–water partition coefficient (Wildman–Crippen LogP) is 4.70. The van der Waals surface area contributed by atoms with Crippen LogP contribution in [-0.2, 0) is 33.9 Å². The third-order valence-electron chi connectivity index (χ3n) is 5.71. The molecule has 2 rings (SSSR count). The van der Waals surface area contributed by atoms with Gasteiger partial charge in [0.25, 0.3) is 0 Å². The molecule has 0 aromatic carbocycles. The molecule has 1 saturated carbocycles. The number of hydrogen-bond acceptors (Lipinski definition) is 7. The van der Waals surface area contributed by atoms with Crippen LogP contribution in [0.25, 0.3) is 0 Å². The van der Waals surface area contributed by atoms with Crippen molar-refractivity contribution in [3.05, 3.63) is 0 Å². The topological polar surface area (TPSA) is 101 Å². The minimum atomic E-state index is -1.00. The molecule has 0 aromatic heterocycles. The molecule has 174 valence electrons. The number of carbonyl (C=O) groups excluding carboxylic acids is 1. The van der Waals surface area contributed by atoms with E-state index in [4.69, 9.17) is 29.4 Å². The molecule has 0 amide bonds. The van der Waals surface area contributed by atoms with Gasteiger partial charge in [0.05, 0.1) is 32.7 Å². The molecule has 0 radical (unpaired) electrons. The maximum Gasteiger partial charge on any atom is 0.306 e. The number of aliphatic carboxylic acids is 1. The Morgan fingerprint density at radius 1 is 0.833 bits per heavy atom. The van der Waals surface area contributed by atoms with Crippen LogP contribution in [0.4, 0.5) is 0 Å². The van der Waals surface area contributed by atoms with Gasteiger partial charge in [-0.15, -0.1) is 0 Å². The molecule has 1 aliphatic heterocycles. The summed E-state index contributed by atoms with van der Waals surface area (Å²) in [6.45, 7) is 1.05. The molecule has 0 unspecified atom stereocenters. The van der Waals surface area contributed by atoms with E-state index in [0.717, 1.165) is 32.1 Å². The summed E-state index contributed by atoms with van der Waals surface area (Å²) in [6.07, 6.45) is 13.4. The van der Waals surface area contributed by atoms with Crippen LogP contribution in [-0.4, -0.2) is 42.7 Å². The molecule has 2 aliphatic rings. The minimum Gasteiger partial charge on any atom is -0.481 e. The highest BCUT2D eigenvalue weighted by Gasteiger charge is 2.36. The van der Waals surface area contributed by atoms with E-state index in [1.807, 2.05) is 0 Å². The number of rotatable bonds is 7. The van der Waals surface area contributed by atoms with E-state index >= 15 is 0 Å². The summed E-state index contributed by atoms with van der Waals surface area (Å²) >= 11 is 0. The van der Waals surface area contributed by atoms with Crippen molar-refractivity contribution in [2.75, 3.05) is 19.8 Å². The molecule has 0 aromatic rings. The number of carbonyl (C=O) groups is 2. The molecule has 1 N–H and O–H groups in total. The fourth-order valence-corrected chi connectivity index (χ4v) is 3.86. The highest BCUT2D eigenvalue weighted by Crippen LogP contribution is 2.32. The molecule has 8 nitrogen and oxygen atoms in total. The molecular weight excluding hydrogens is 392 g/mol. The van der Waals surface area contributed by atoms with Crippen LogP contribution in [0.15, 0.2) is 0 Å². The quantitative estimate of drug-likeness (QED) is 0.352. The largest absolute Gasteiger partial charge is 0.481 e. The zero-order valence-corrected chi connectivity index (χ0v) is 18.1. The van der Waals surface area contributed by atoms with E-state index in [-0.39, 0.29) is 25.4 Å². The van der Waals surface area contributed by atoms with Gasteiger partial charge in [0, 0.05) is 18.8 Å². The Morgan fingerprint density at radius 2 is 1.37 bits per heavy atom. The van der Waals surface area contributed by atoms with Crippen molar-refractivity contribution < 1.29 is 39.0 Å². The molecule has 1 heterocycles.